The van der Waals surface area contributed by atoms with Crippen molar-refractivity contribution in [2.24, 2.45) is 0 Å². The molecular weight excluding hydrogens is 364 g/mol. The second-order valence-electron chi connectivity index (χ2n) is 7.06. The highest BCUT2D eigenvalue weighted by atomic mass is 16.5. The van der Waals surface area contributed by atoms with Crippen LogP contribution in [0, 0.1) is 6.92 Å². The van der Waals surface area contributed by atoms with Crippen LogP contribution in [0.1, 0.15) is 23.6 Å². The number of benzene rings is 3. The van der Waals surface area contributed by atoms with Gasteiger partial charge in [0.1, 0.15) is 6.04 Å². The van der Waals surface area contributed by atoms with E-state index in [4.69, 9.17) is 9.47 Å². The van der Waals surface area contributed by atoms with Gasteiger partial charge in [0.25, 0.3) is 5.91 Å². The van der Waals surface area contributed by atoms with Crippen molar-refractivity contribution < 1.29 is 14.3 Å². The first-order chi connectivity index (χ1) is 14.2. The van der Waals surface area contributed by atoms with E-state index in [0.29, 0.717) is 19.0 Å². The SMILES string of the molecule is Cc1ccc(NC(=O)[C@@H](Nc2ccc3c(c2)OCCCO3)c2ccccc2)cc1. The highest BCUT2D eigenvalue weighted by Crippen LogP contribution is 2.33. The average Bonchev–Trinajstić information content (AvgIpc) is 2.99. The van der Waals surface area contributed by atoms with Crippen molar-refractivity contribution in [3.05, 3.63) is 83.9 Å². The third kappa shape index (κ3) is 4.69. The highest BCUT2D eigenvalue weighted by molar-refractivity contribution is 5.97. The Morgan fingerprint density at radius 2 is 1.55 bits per heavy atom. The molecule has 0 aliphatic carbocycles. The molecule has 0 radical (unpaired) electrons. The van der Waals surface area contributed by atoms with Gasteiger partial charge in [-0.05, 0) is 36.8 Å². The maximum atomic E-state index is 13.1. The predicted molar refractivity (Wildman–Crippen MR) is 115 cm³/mol. The second-order valence-corrected chi connectivity index (χ2v) is 7.06. The standard InChI is InChI=1S/C24H24N2O3/c1-17-8-10-19(11-9-17)26-24(27)23(18-6-3-2-4-7-18)25-20-12-13-21-22(16-20)29-15-5-14-28-21/h2-4,6-13,16,23,25H,5,14-15H2,1H3,(H,26,27)/t23-/m0/s1. The number of amides is 1. The number of carbonyl (C=O) groups is 1. The summed E-state index contributed by atoms with van der Waals surface area (Å²) in [6, 6.07) is 22.6. The first kappa shape index (κ1) is 18.9. The molecule has 0 aromatic heterocycles. The van der Waals surface area contributed by atoms with Crippen molar-refractivity contribution >= 4 is 17.3 Å². The van der Waals surface area contributed by atoms with Gasteiger partial charge < -0.3 is 20.1 Å². The number of aryl methyl sites for hydroxylation is 1. The first-order valence-electron chi connectivity index (χ1n) is 9.78. The molecule has 5 nitrogen and oxygen atoms in total. The maximum absolute atomic E-state index is 13.1. The van der Waals surface area contributed by atoms with Gasteiger partial charge in [0.2, 0.25) is 0 Å². The molecular formula is C24H24N2O3. The van der Waals surface area contributed by atoms with Crippen molar-refractivity contribution in [2.75, 3.05) is 23.8 Å². The summed E-state index contributed by atoms with van der Waals surface area (Å²) in [5, 5.41) is 6.35. The zero-order valence-corrected chi connectivity index (χ0v) is 16.4. The third-order valence-corrected chi connectivity index (χ3v) is 4.77. The zero-order valence-electron chi connectivity index (χ0n) is 16.4. The van der Waals surface area contributed by atoms with E-state index in [9.17, 15) is 4.79 Å². The van der Waals surface area contributed by atoms with Crippen molar-refractivity contribution in [1.29, 1.82) is 0 Å². The highest BCUT2D eigenvalue weighted by Gasteiger charge is 2.21. The van der Waals surface area contributed by atoms with Crippen LogP contribution in [0.15, 0.2) is 72.8 Å². The summed E-state index contributed by atoms with van der Waals surface area (Å²) in [5.41, 5.74) is 3.58. The summed E-state index contributed by atoms with van der Waals surface area (Å²) >= 11 is 0. The minimum Gasteiger partial charge on any atom is -0.490 e. The number of anilines is 2. The lowest BCUT2D eigenvalue weighted by Gasteiger charge is -2.21. The molecule has 148 valence electrons. The van der Waals surface area contributed by atoms with Gasteiger partial charge in [0.05, 0.1) is 13.2 Å². The van der Waals surface area contributed by atoms with E-state index in [1.807, 2.05) is 79.7 Å². The normalized spacial score (nSPS) is 13.8. The van der Waals surface area contributed by atoms with E-state index in [-0.39, 0.29) is 5.91 Å². The predicted octanol–water partition coefficient (Wildman–Crippen LogP) is 4.95. The third-order valence-electron chi connectivity index (χ3n) is 4.77. The van der Waals surface area contributed by atoms with Crippen LogP contribution in [-0.2, 0) is 4.79 Å². The van der Waals surface area contributed by atoms with Gasteiger partial charge in [-0.1, -0.05) is 48.0 Å². The maximum Gasteiger partial charge on any atom is 0.251 e. The van der Waals surface area contributed by atoms with Gasteiger partial charge in [-0.2, -0.15) is 0 Å². The number of carbonyl (C=O) groups excluding carboxylic acids is 1. The van der Waals surface area contributed by atoms with Gasteiger partial charge in [0, 0.05) is 23.9 Å². The Morgan fingerprint density at radius 1 is 0.862 bits per heavy atom. The Morgan fingerprint density at radius 3 is 2.31 bits per heavy atom. The molecule has 0 saturated carbocycles. The van der Waals surface area contributed by atoms with E-state index in [2.05, 4.69) is 10.6 Å². The van der Waals surface area contributed by atoms with Crippen molar-refractivity contribution in [3.63, 3.8) is 0 Å². The zero-order chi connectivity index (χ0) is 20.1. The minimum atomic E-state index is -0.553. The number of hydrogen-bond donors (Lipinski definition) is 2. The number of nitrogens with one attached hydrogen (secondary N) is 2. The van der Waals surface area contributed by atoms with Gasteiger partial charge in [-0.3, -0.25) is 4.79 Å². The van der Waals surface area contributed by atoms with Crippen molar-refractivity contribution in [3.8, 4) is 11.5 Å². The molecule has 0 unspecified atom stereocenters. The molecule has 29 heavy (non-hydrogen) atoms. The summed E-state index contributed by atoms with van der Waals surface area (Å²) in [7, 11) is 0. The van der Waals surface area contributed by atoms with Crippen LogP contribution in [0.3, 0.4) is 0 Å². The summed E-state index contributed by atoms with van der Waals surface area (Å²) in [6.45, 7) is 3.28. The Hall–Kier alpha value is -3.47. The van der Waals surface area contributed by atoms with Crippen molar-refractivity contribution in [1.82, 2.24) is 0 Å². The molecule has 4 rings (SSSR count). The fraction of sp³-hybridized carbons (Fsp3) is 0.208. The average molecular weight is 388 g/mol. The van der Waals surface area contributed by atoms with Crippen LogP contribution in [0.25, 0.3) is 0 Å². The van der Waals surface area contributed by atoms with Crippen LogP contribution in [0.2, 0.25) is 0 Å². The molecule has 1 heterocycles. The fourth-order valence-electron chi connectivity index (χ4n) is 3.22. The smallest absolute Gasteiger partial charge is 0.251 e. The van der Waals surface area contributed by atoms with E-state index >= 15 is 0 Å². The number of ether oxygens (including phenoxy) is 2. The van der Waals surface area contributed by atoms with Gasteiger partial charge in [-0.25, -0.2) is 0 Å². The summed E-state index contributed by atoms with van der Waals surface area (Å²) in [4.78, 5) is 13.1. The molecule has 0 saturated heterocycles. The van der Waals surface area contributed by atoms with E-state index in [1.54, 1.807) is 0 Å². The molecule has 0 bridgehead atoms. The second kappa shape index (κ2) is 8.69. The molecule has 2 N–H and O–H groups in total. The lowest BCUT2D eigenvalue weighted by Crippen LogP contribution is -2.27. The lowest BCUT2D eigenvalue weighted by molar-refractivity contribution is -0.117. The Kier molecular flexibility index (Phi) is 5.66. The Labute approximate surface area is 170 Å². The molecule has 0 fully saturated rings. The largest absolute Gasteiger partial charge is 0.490 e. The summed E-state index contributed by atoms with van der Waals surface area (Å²) in [6.07, 6.45) is 0.850. The molecule has 1 aliphatic heterocycles. The first-order valence-corrected chi connectivity index (χ1v) is 9.78. The minimum absolute atomic E-state index is 0.132. The lowest BCUT2D eigenvalue weighted by atomic mass is 10.1. The summed E-state index contributed by atoms with van der Waals surface area (Å²) in [5.74, 6) is 1.29. The summed E-state index contributed by atoms with van der Waals surface area (Å²) < 4.78 is 11.5. The monoisotopic (exact) mass is 388 g/mol. The number of hydrogen-bond acceptors (Lipinski definition) is 4. The van der Waals surface area contributed by atoms with Crippen molar-refractivity contribution in [2.45, 2.75) is 19.4 Å². The van der Waals surface area contributed by atoms with Crippen LogP contribution in [-0.4, -0.2) is 19.1 Å². The molecule has 1 amide bonds. The number of fused-ring (bicyclic) bond motifs is 1. The van der Waals surface area contributed by atoms with E-state index < -0.39 is 6.04 Å². The van der Waals surface area contributed by atoms with Crippen LogP contribution >= 0.6 is 0 Å². The fourth-order valence-corrected chi connectivity index (χ4v) is 3.22. The van der Waals surface area contributed by atoms with Gasteiger partial charge in [0.15, 0.2) is 11.5 Å². The Bertz CT molecular complexity index is 971. The Balaban J connectivity index is 1.58. The van der Waals surface area contributed by atoms with E-state index in [0.717, 1.165) is 34.7 Å². The molecule has 3 aromatic rings. The van der Waals surface area contributed by atoms with Crippen LogP contribution in [0.5, 0.6) is 11.5 Å². The number of rotatable bonds is 5. The molecule has 0 spiro atoms. The molecule has 1 atom stereocenters. The quantitative estimate of drug-likeness (QED) is 0.649. The molecule has 3 aromatic carbocycles. The van der Waals surface area contributed by atoms with Gasteiger partial charge >= 0.3 is 0 Å². The molecule has 1 aliphatic rings. The van der Waals surface area contributed by atoms with E-state index in [1.165, 1.54) is 0 Å². The van der Waals surface area contributed by atoms with Crippen LogP contribution in [0.4, 0.5) is 11.4 Å². The topological polar surface area (TPSA) is 59.6 Å². The van der Waals surface area contributed by atoms with Crippen LogP contribution < -0.4 is 20.1 Å². The van der Waals surface area contributed by atoms with Gasteiger partial charge in [-0.15, -0.1) is 0 Å². The molecule has 5 heteroatoms.